The highest BCUT2D eigenvalue weighted by Crippen LogP contribution is 2.43. The molecule has 0 saturated carbocycles. The van der Waals surface area contributed by atoms with Crippen LogP contribution in [0.1, 0.15) is 97.4 Å². The molecule has 60 heavy (non-hydrogen) atoms. The number of ether oxygens (including phenoxy) is 3. The molecule has 4 amide bonds. The second kappa shape index (κ2) is 20.7. The second-order valence-corrected chi connectivity index (χ2v) is 15.0. The van der Waals surface area contributed by atoms with Gasteiger partial charge in [0.05, 0.1) is 49.7 Å². The third-order valence-corrected chi connectivity index (χ3v) is 10.3. The molecule has 0 radical (unpaired) electrons. The molecule has 2 aromatic heterocycles. The van der Waals surface area contributed by atoms with Gasteiger partial charge in [0, 0.05) is 24.0 Å². The molecule has 1 saturated heterocycles. The molecule has 0 spiro atoms. The van der Waals surface area contributed by atoms with Crippen molar-refractivity contribution in [3.05, 3.63) is 65.9 Å². The van der Waals surface area contributed by atoms with Gasteiger partial charge < -0.3 is 44.6 Å². The minimum atomic E-state index is -0.708. The van der Waals surface area contributed by atoms with Crippen molar-refractivity contribution in [2.75, 3.05) is 33.9 Å². The van der Waals surface area contributed by atoms with E-state index in [2.05, 4.69) is 68.4 Å². The first-order valence-corrected chi connectivity index (χ1v) is 21.0. The first-order valence-electron chi connectivity index (χ1n) is 21.0. The van der Waals surface area contributed by atoms with Crippen LogP contribution in [0.4, 0.5) is 9.59 Å². The quantitative estimate of drug-likeness (QED) is 0.102. The van der Waals surface area contributed by atoms with Gasteiger partial charge in [-0.25, -0.2) is 19.6 Å². The van der Waals surface area contributed by atoms with Crippen molar-refractivity contribution < 1.29 is 33.4 Å². The summed E-state index contributed by atoms with van der Waals surface area (Å²) in [6, 6.07) is 13.6. The van der Waals surface area contributed by atoms with Gasteiger partial charge in [-0.1, -0.05) is 73.1 Å². The number of rotatable bonds is 11. The van der Waals surface area contributed by atoms with Gasteiger partial charge in [0.2, 0.25) is 11.8 Å². The van der Waals surface area contributed by atoms with Crippen molar-refractivity contribution in [3.63, 3.8) is 0 Å². The van der Waals surface area contributed by atoms with E-state index < -0.39 is 18.2 Å². The first kappa shape index (κ1) is 45.0. The fraction of sp³-hybridized carbons (Fsp3) is 0.467. The third kappa shape index (κ3) is 10.0. The fourth-order valence-electron chi connectivity index (χ4n) is 7.49. The van der Waals surface area contributed by atoms with E-state index in [4.69, 9.17) is 14.5 Å². The van der Waals surface area contributed by atoms with Crippen molar-refractivity contribution in [1.82, 2.24) is 40.4 Å². The van der Waals surface area contributed by atoms with E-state index in [0.29, 0.717) is 31.3 Å². The highest BCUT2D eigenvalue weighted by Gasteiger charge is 2.37. The second-order valence-electron chi connectivity index (χ2n) is 15.0. The smallest absolute Gasteiger partial charge is 0.407 e. The van der Waals surface area contributed by atoms with Crippen LogP contribution in [-0.2, 0) is 32.2 Å². The molecular weight excluding hydrogens is 765 g/mol. The van der Waals surface area contributed by atoms with Gasteiger partial charge in [-0.3, -0.25) is 9.59 Å². The zero-order chi connectivity index (χ0) is 43.5. The normalized spacial score (nSPS) is 14.4. The van der Waals surface area contributed by atoms with Crippen LogP contribution >= 0.6 is 0 Å². The molecule has 15 heteroatoms. The average Bonchev–Trinajstić information content (AvgIpc) is 4.05. The number of aromatic amines is 2. The van der Waals surface area contributed by atoms with Crippen LogP contribution in [0.2, 0.25) is 0 Å². The lowest BCUT2D eigenvalue weighted by Gasteiger charge is -2.29. The van der Waals surface area contributed by atoms with Gasteiger partial charge in [-0.15, -0.1) is 0 Å². The number of amides is 4. The fourth-order valence-corrected chi connectivity index (χ4v) is 7.49. The number of carbonyl (C=O) groups is 4. The average molecular weight is 825 g/mol. The number of alkyl carbamates (subject to hydrolysis) is 2. The van der Waals surface area contributed by atoms with Crippen LogP contribution in [0.5, 0.6) is 5.75 Å². The van der Waals surface area contributed by atoms with Gasteiger partial charge in [-0.2, -0.15) is 0 Å². The van der Waals surface area contributed by atoms with Crippen molar-refractivity contribution >= 4 is 45.8 Å². The number of imidazole rings is 2. The molecule has 15 nitrogen and oxygen atoms in total. The Morgan fingerprint density at radius 2 is 1.73 bits per heavy atom. The maximum absolute atomic E-state index is 13.7. The Bertz CT molecular complexity index is 2280. The van der Waals surface area contributed by atoms with Crippen molar-refractivity contribution in [2.24, 2.45) is 5.92 Å². The number of fused-ring (bicyclic) bond motifs is 6. The van der Waals surface area contributed by atoms with Crippen LogP contribution in [0.25, 0.3) is 44.2 Å². The number of H-pyrrole nitrogens is 2. The largest absolute Gasteiger partial charge is 0.488 e. The molecule has 7 rings (SSSR count). The summed E-state index contributed by atoms with van der Waals surface area (Å²) in [6.07, 6.45) is 4.07. The minimum Gasteiger partial charge on any atom is -0.488 e. The van der Waals surface area contributed by atoms with Crippen LogP contribution in [0.15, 0.2) is 48.7 Å². The number of carbonyl (C=O) groups excluding carboxylic acids is 4. The summed E-state index contributed by atoms with van der Waals surface area (Å²) in [5, 5.41) is 7.11. The molecule has 2 atom stereocenters. The molecule has 3 aromatic carbocycles. The number of nitrogens with zero attached hydrogens (tertiary/aromatic N) is 4. The Kier molecular flexibility index (Phi) is 15.5. The molecule has 2 aliphatic rings. The number of benzene rings is 3. The van der Waals surface area contributed by atoms with Gasteiger partial charge in [-0.05, 0) is 71.5 Å². The molecular formula is C45H60N8O7. The number of nitrogens with one attached hydrogen (secondary N) is 4. The van der Waals surface area contributed by atoms with Crippen LogP contribution in [-0.4, -0.2) is 93.6 Å². The Morgan fingerprint density at radius 1 is 0.983 bits per heavy atom. The zero-order valence-electron chi connectivity index (χ0n) is 36.4. The third-order valence-electron chi connectivity index (χ3n) is 10.3. The molecule has 0 aliphatic carbocycles. The number of hydrogen-bond acceptors (Lipinski definition) is 9. The van der Waals surface area contributed by atoms with E-state index in [-0.39, 0.29) is 36.9 Å². The first-order chi connectivity index (χ1) is 29.0. The molecule has 4 N–H and O–H groups in total. The van der Waals surface area contributed by atoms with Crippen LogP contribution < -0.4 is 15.4 Å². The van der Waals surface area contributed by atoms with Gasteiger partial charge >= 0.3 is 12.2 Å². The molecule has 5 aromatic rings. The number of hydrogen-bond donors (Lipinski definition) is 4. The van der Waals surface area contributed by atoms with E-state index in [1.54, 1.807) is 11.1 Å². The Morgan fingerprint density at radius 3 is 2.43 bits per heavy atom. The monoisotopic (exact) mass is 824 g/mol. The summed E-state index contributed by atoms with van der Waals surface area (Å²) in [7, 11) is 2.54. The summed E-state index contributed by atoms with van der Waals surface area (Å²) in [6.45, 7) is 15.6. The highest BCUT2D eigenvalue weighted by atomic mass is 16.5. The lowest BCUT2D eigenvalue weighted by atomic mass is 9.92. The topological polar surface area (TPSA) is 184 Å². The summed E-state index contributed by atoms with van der Waals surface area (Å²) in [5.41, 5.74) is 6.53. The number of methoxy groups -OCH3 is 2. The predicted octanol–water partition coefficient (Wildman–Crippen LogP) is 8.25. The van der Waals surface area contributed by atoms with E-state index in [0.717, 1.165) is 74.8 Å². The van der Waals surface area contributed by atoms with Gasteiger partial charge in [0.15, 0.2) is 0 Å². The van der Waals surface area contributed by atoms with Crippen molar-refractivity contribution in [2.45, 2.75) is 99.4 Å². The summed E-state index contributed by atoms with van der Waals surface area (Å²) < 4.78 is 15.7. The van der Waals surface area contributed by atoms with E-state index in [9.17, 15) is 19.2 Å². The van der Waals surface area contributed by atoms with Crippen molar-refractivity contribution in [3.8, 4) is 28.1 Å². The lowest BCUT2D eigenvalue weighted by Crippen LogP contribution is -2.51. The maximum atomic E-state index is 13.7. The van der Waals surface area contributed by atoms with E-state index in [1.165, 1.54) is 20.6 Å². The van der Waals surface area contributed by atoms with Gasteiger partial charge in [0.25, 0.3) is 0 Å². The Labute approximate surface area is 351 Å². The van der Waals surface area contributed by atoms with Crippen LogP contribution in [0, 0.1) is 5.92 Å². The number of likely N-dealkylation sites (tertiary alicyclic amines) is 1. The molecule has 1 fully saturated rings. The standard InChI is InChI=1S/C40H46N8O7.C3H8.C2H6/c1-6-13-47(34(49)19-42-39(51)53-4)20-33-41-18-30(43-33)24-9-11-26-25(15-24)21-55-32-17-27-23(16-28(26)32)10-12-29-36(27)45-37(44-29)31-8-7-14-48(31)38(50)35(22(2)3)46-40(52)54-5;1-3-2;1-2/h9-12,15-18,22,31,35H,6-8,13-14,19-21H2,1-5H3,(H,41,43)(H,42,51)(H,44,45)(H,46,52);3H2,1-2H3;1-2H3. The lowest BCUT2D eigenvalue weighted by molar-refractivity contribution is -0.135. The van der Waals surface area contributed by atoms with Crippen molar-refractivity contribution in [1.29, 1.82) is 0 Å². The Hall–Kier alpha value is -6.12. The summed E-state index contributed by atoms with van der Waals surface area (Å²) in [5.74, 6) is 1.62. The molecule has 4 heterocycles. The maximum Gasteiger partial charge on any atom is 0.407 e. The number of aromatic nitrogens is 4. The Balaban J connectivity index is 0.00000131. The molecule has 2 aliphatic heterocycles. The predicted molar refractivity (Wildman–Crippen MR) is 232 cm³/mol. The van der Waals surface area contributed by atoms with Gasteiger partial charge in [0.1, 0.15) is 36.6 Å². The van der Waals surface area contributed by atoms with Crippen LogP contribution in [0.3, 0.4) is 0 Å². The zero-order valence-corrected chi connectivity index (χ0v) is 36.4. The van der Waals surface area contributed by atoms with E-state index >= 15 is 0 Å². The molecule has 2 unspecified atom stereocenters. The molecule has 322 valence electrons. The SMILES string of the molecule is CC.CCC.CCCN(Cc1ncc(-c2ccc3c(c2)COc2cc4c(ccc5[nH]c(C6CCCN6C(=O)C(NC(=O)OC)C(C)C)nc54)cc2-3)[nH]1)C(=O)CNC(=O)OC. The minimum absolute atomic E-state index is 0.121. The summed E-state index contributed by atoms with van der Waals surface area (Å²) >= 11 is 0. The van der Waals surface area contributed by atoms with E-state index in [1.807, 2.05) is 57.7 Å². The highest BCUT2D eigenvalue weighted by molar-refractivity contribution is 6.07. The summed E-state index contributed by atoms with van der Waals surface area (Å²) in [4.78, 5) is 69.9. The molecule has 0 bridgehead atoms.